The van der Waals surface area contributed by atoms with Crippen LogP contribution in [-0.2, 0) is 4.79 Å². The maximum atomic E-state index is 12.8. The quantitative estimate of drug-likeness (QED) is 0.858. The minimum absolute atomic E-state index is 0.296. The molecule has 2 rings (SSSR count). The highest BCUT2D eigenvalue weighted by Gasteiger charge is 2.30. The first kappa shape index (κ1) is 15.8. The Bertz CT molecular complexity index is 302. The van der Waals surface area contributed by atoms with E-state index in [1.54, 1.807) is 0 Å². The van der Waals surface area contributed by atoms with E-state index in [1.165, 1.54) is 25.7 Å². The van der Waals surface area contributed by atoms with Crippen LogP contribution in [0, 0.1) is 17.8 Å². The predicted molar refractivity (Wildman–Crippen MR) is 83.6 cm³/mol. The third-order valence-electron chi connectivity index (χ3n) is 5.13. The smallest absolute Gasteiger partial charge is 0.225 e. The lowest BCUT2D eigenvalue weighted by atomic mass is 9.82. The Morgan fingerprint density at radius 2 is 1.90 bits per heavy atom. The van der Waals surface area contributed by atoms with Crippen LogP contribution in [0.5, 0.6) is 0 Å². The maximum Gasteiger partial charge on any atom is 0.225 e. The molecular weight excluding hydrogens is 248 g/mol. The molecule has 3 heteroatoms. The number of nitrogens with zero attached hydrogens (tertiary/aromatic N) is 1. The Morgan fingerprint density at radius 1 is 1.20 bits per heavy atom. The number of carbonyl (C=O) groups is 1. The van der Waals surface area contributed by atoms with Gasteiger partial charge in [0.2, 0.25) is 5.91 Å². The van der Waals surface area contributed by atoms with Crippen LogP contribution < -0.4 is 5.32 Å². The van der Waals surface area contributed by atoms with Crippen molar-refractivity contribution >= 4 is 5.91 Å². The number of carbonyl (C=O) groups excluding carboxylic acids is 1. The van der Waals surface area contributed by atoms with Gasteiger partial charge in [0.05, 0.1) is 0 Å². The minimum Gasteiger partial charge on any atom is -0.340 e. The molecule has 0 aromatic carbocycles. The van der Waals surface area contributed by atoms with Gasteiger partial charge < -0.3 is 10.2 Å². The molecule has 1 aliphatic carbocycles. The molecule has 3 nitrogen and oxygen atoms in total. The maximum absolute atomic E-state index is 12.8. The first-order valence-corrected chi connectivity index (χ1v) is 8.59. The lowest BCUT2D eigenvalue weighted by molar-refractivity contribution is -0.139. The van der Waals surface area contributed by atoms with Crippen LogP contribution >= 0.6 is 0 Å². The molecule has 1 heterocycles. The Morgan fingerprint density at radius 3 is 2.45 bits per heavy atom. The molecule has 1 aliphatic heterocycles. The minimum atomic E-state index is 0.296. The van der Waals surface area contributed by atoms with Gasteiger partial charge in [-0.2, -0.15) is 0 Å². The first-order valence-electron chi connectivity index (χ1n) is 8.59. The zero-order chi connectivity index (χ0) is 14.5. The molecule has 1 N–H and O–H groups in total. The van der Waals surface area contributed by atoms with E-state index in [0.717, 1.165) is 38.4 Å². The van der Waals surface area contributed by atoms with E-state index in [9.17, 15) is 4.79 Å². The van der Waals surface area contributed by atoms with E-state index in [0.29, 0.717) is 23.8 Å². The molecule has 0 aromatic rings. The molecule has 0 spiro atoms. The Hall–Kier alpha value is -0.570. The second-order valence-corrected chi connectivity index (χ2v) is 7.25. The summed E-state index contributed by atoms with van der Waals surface area (Å²) in [5, 5.41) is 3.47. The summed E-state index contributed by atoms with van der Waals surface area (Å²) in [6.07, 6.45) is 7.19. The van der Waals surface area contributed by atoms with Gasteiger partial charge in [-0.1, -0.05) is 6.92 Å². The van der Waals surface area contributed by atoms with Crippen molar-refractivity contribution in [1.82, 2.24) is 10.2 Å². The molecule has 2 fully saturated rings. The van der Waals surface area contributed by atoms with Crippen molar-refractivity contribution in [2.45, 2.75) is 65.3 Å². The Labute approximate surface area is 124 Å². The molecule has 1 saturated carbocycles. The molecule has 1 amide bonds. The number of hydrogen-bond donors (Lipinski definition) is 1. The standard InChI is InChI=1S/C17H32N2O/c1-13(2)19(12-15-5-4-10-18-11-15)17(20)16-8-6-14(3)7-9-16/h13-16,18H,4-12H2,1-3H3. The summed E-state index contributed by atoms with van der Waals surface area (Å²) in [5.41, 5.74) is 0. The van der Waals surface area contributed by atoms with Crippen LogP contribution in [0.1, 0.15) is 59.3 Å². The number of hydrogen-bond acceptors (Lipinski definition) is 2. The van der Waals surface area contributed by atoms with Gasteiger partial charge in [-0.3, -0.25) is 4.79 Å². The summed E-state index contributed by atoms with van der Waals surface area (Å²) < 4.78 is 0. The zero-order valence-corrected chi connectivity index (χ0v) is 13.5. The van der Waals surface area contributed by atoms with Crippen molar-refractivity contribution in [3.63, 3.8) is 0 Å². The predicted octanol–water partition coefficient (Wildman–Crippen LogP) is 3.05. The summed E-state index contributed by atoms with van der Waals surface area (Å²) in [6, 6.07) is 0.337. The van der Waals surface area contributed by atoms with Gasteiger partial charge in [-0.25, -0.2) is 0 Å². The zero-order valence-electron chi connectivity index (χ0n) is 13.5. The van der Waals surface area contributed by atoms with Crippen molar-refractivity contribution in [2.75, 3.05) is 19.6 Å². The van der Waals surface area contributed by atoms with Gasteiger partial charge in [0, 0.05) is 18.5 Å². The summed E-state index contributed by atoms with van der Waals surface area (Å²) in [6.45, 7) is 9.83. The molecule has 0 aromatic heterocycles. The number of amides is 1. The lowest BCUT2D eigenvalue weighted by Gasteiger charge is -2.36. The first-order chi connectivity index (χ1) is 9.58. The van der Waals surface area contributed by atoms with Crippen LogP contribution in [-0.4, -0.2) is 36.5 Å². The lowest BCUT2D eigenvalue weighted by Crippen LogP contribution is -2.47. The molecule has 20 heavy (non-hydrogen) atoms. The fraction of sp³-hybridized carbons (Fsp3) is 0.941. The van der Waals surface area contributed by atoms with Crippen molar-refractivity contribution < 1.29 is 4.79 Å². The third kappa shape index (κ3) is 4.21. The van der Waals surface area contributed by atoms with Crippen LogP contribution in [0.2, 0.25) is 0 Å². The van der Waals surface area contributed by atoms with Gasteiger partial charge in [0.15, 0.2) is 0 Å². The highest BCUT2D eigenvalue weighted by atomic mass is 16.2. The normalized spacial score (nSPS) is 31.3. The number of piperidine rings is 1. The number of nitrogens with one attached hydrogen (secondary N) is 1. The van der Waals surface area contributed by atoms with Gasteiger partial charge in [0.1, 0.15) is 0 Å². The fourth-order valence-corrected chi connectivity index (χ4v) is 3.65. The average Bonchev–Trinajstić information content (AvgIpc) is 2.45. The fourth-order valence-electron chi connectivity index (χ4n) is 3.65. The monoisotopic (exact) mass is 280 g/mol. The summed E-state index contributed by atoms with van der Waals surface area (Å²) in [5.74, 6) is 2.19. The summed E-state index contributed by atoms with van der Waals surface area (Å²) >= 11 is 0. The Kier molecular flexibility index (Phi) is 5.88. The molecule has 116 valence electrons. The van der Waals surface area contributed by atoms with Crippen LogP contribution in [0.4, 0.5) is 0 Å². The van der Waals surface area contributed by atoms with E-state index in [4.69, 9.17) is 0 Å². The largest absolute Gasteiger partial charge is 0.340 e. The van der Waals surface area contributed by atoms with Crippen molar-refractivity contribution in [3.8, 4) is 0 Å². The van der Waals surface area contributed by atoms with Gasteiger partial charge in [-0.15, -0.1) is 0 Å². The molecule has 1 saturated heterocycles. The van der Waals surface area contributed by atoms with E-state index in [2.05, 4.69) is 31.0 Å². The molecule has 0 bridgehead atoms. The molecule has 2 aliphatic rings. The second kappa shape index (κ2) is 7.44. The van der Waals surface area contributed by atoms with Crippen LogP contribution in [0.25, 0.3) is 0 Å². The van der Waals surface area contributed by atoms with Crippen LogP contribution in [0.3, 0.4) is 0 Å². The third-order valence-corrected chi connectivity index (χ3v) is 5.13. The van der Waals surface area contributed by atoms with E-state index in [1.807, 2.05) is 0 Å². The van der Waals surface area contributed by atoms with E-state index >= 15 is 0 Å². The molecular formula is C17H32N2O. The second-order valence-electron chi connectivity index (χ2n) is 7.25. The van der Waals surface area contributed by atoms with Crippen LogP contribution in [0.15, 0.2) is 0 Å². The summed E-state index contributed by atoms with van der Waals surface area (Å²) in [7, 11) is 0. The van der Waals surface area contributed by atoms with Crippen molar-refractivity contribution in [2.24, 2.45) is 17.8 Å². The molecule has 1 atom stereocenters. The SMILES string of the molecule is CC1CCC(C(=O)N(CC2CCCNC2)C(C)C)CC1. The Balaban J connectivity index is 1.91. The van der Waals surface area contributed by atoms with Crippen molar-refractivity contribution in [3.05, 3.63) is 0 Å². The van der Waals surface area contributed by atoms with E-state index in [-0.39, 0.29) is 0 Å². The van der Waals surface area contributed by atoms with Gasteiger partial charge >= 0.3 is 0 Å². The molecule has 0 radical (unpaired) electrons. The highest BCUT2D eigenvalue weighted by molar-refractivity contribution is 5.79. The molecule has 1 unspecified atom stereocenters. The average molecular weight is 280 g/mol. The number of rotatable bonds is 4. The van der Waals surface area contributed by atoms with Gasteiger partial charge in [-0.05, 0) is 77.3 Å². The van der Waals surface area contributed by atoms with Gasteiger partial charge in [0.25, 0.3) is 0 Å². The highest BCUT2D eigenvalue weighted by Crippen LogP contribution is 2.30. The van der Waals surface area contributed by atoms with Crippen molar-refractivity contribution in [1.29, 1.82) is 0 Å². The summed E-state index contributed by atoms with van der Waals surface area (Å²) in [4.78, 5) is 15.0. The topological polar surface area (TPSA) is 32.3 Å². The van der Waals surface area contributed by atoms with E-state index < -0.39 is 0 Å².